The van der Waals surface area contributed by atoms with E-state index in [2.05, 4.69) is 20.7 Å². The van der Waals surface area contributed by atoms with Crippen molar-refractivity contribution in [1.29, 1.82) is 0 Å². The Hall–Kier alpha value is -2.79. The molecule has 3 aromatic rings. The molecule has 3 aromatic heterocycles. The van der Waals surface area contributed by atoms with Gasteiger partial charge in [0.15, 0.2) is 5.13 Å². The van der Waals surface area contributed by atoms with Gasteiger partial charge in [0.25, 0.3) is 0 Å². The number of nitrogens with zero attached hydrogens (tertiary/aromatic N) is 4. The normalized spacial score (nSPS) is 13.0. The Bertz CT molecular complexity index is 1100. The van der Waals surface area contributed by atoms with Gasteiger partial charge in [-0.05, 0) is 30.7 Å². The number of carbonyl (C=O) groups is 2. The summed E-state index contributed by atoms with van der Waals surface area (Å²) in [6.07, 6.45) is 4.03. The number of aromatic nitrogens is 4. The van der Waals surface area contributed by atoms with Gasteiger partial charge >= 0.3 is 5.69 Å². The standard InChI is InChI=1S/C20H24N6O3S2/c27-17(21-7-4-9-26-20(29)25-8-2-1-6-16(25)24-26)11-14-13-31-19(22-14)23-18(28)12-15-5-3-10-30-15/h3,5,10,13H,1-2,4,6-9,11-12H2,(H,21,27)(H,22,23,28). The molecule has 0 atom stereocenters. The molecule has 4 rings (SSSR count). The molecule has 0 spiro atoms. The fraction of sp³-hybridized carbons (Fsp3) is 0.450. The van der Waals surface area contributed by atoms with E-state index in [1.807, 2.05) is 17.5 Å². The van der Waals surface area contributed by atoms with Gasteiger partial charge in [-0.2, -0.15) is 5.10 Å². The fourth-order valence-corrected chi connectivity index (χ4v) is 4.89. The topological polar surface area (TPSA) is 111 Å². The van der Waals surface area contributed by atoms with E-state index >= 15 is 0 Å². The highest BCUT2D eigenvalue weighted by Crippen LogP contribution is 2.17. The molecule has 0 radical (unpaired) electrons. The molecular weight excluding hydrogens is 436 g/mol. The number of carbonyl (C=O) groups excluding carboxylic acids is 2. The predicted molar refractivity (Wildman–Crippen MR) is 120 cm³/mol. The quantitative estimate of drug-likeness (QED) is 0.473. The van der Waals surface area contributed by atoms with Crippen LogP contribution in [0.25, 0.3) is 0 Å². The van der Waals surface area contributed by atoms with Gasteiger partial charge in [-0.15, -0.1) is 22.7 Å². The first-order valence-electron chi connectivity index (χ1n) is 10.3. The van der Waals surface area contributed by atoms with E-state index in [0.29, 0.717) is 36.8 Å². The molecule has 0 bridgehead atoms. The molecule has 2 N–H and O–H groups in total. The number of aryl methyl sites for hydroxylation is 2. The van der Waals surface area contributed by atoms with E-state index in [4.69, 9.17) is 0 Å². The highest BCUT2D eigenvalue weighted by molar-refractivity contribution is 7.14. The van der Waals surface area contributed by atoms with Gasteiger partial charge in [0.05, 0.1) is 18.5 Å². The van der Waals surface area contributed by atoms with E-state index in [1.165, 1.54) is 27.4 Å². The number of anilines is 1. The van der Waals surface area contributed by atoms with E-state index in [9.17, 15) is 14.4 Å². The molecule has 0 unspecified atom stereocenters. The van der Waals surface area contributed by atoms with Crippen LogP contribution in [-0.4, -0.2) is 37.7 Å². The van der Waals surface area contributed by atoms with Gasteiger partial charge in [-0.1, -0.05) is 6.07 Å². The maximum atomic E-state index is 12.3. The van der Waals surface area contributed by atoms with E-state index in [0.717, 1.165) is 36.5 Å². The SMILES string of the molecule is O=C(Cc1csc(NC(=O)Cc2cccs2)n1)NCCCn1nc2n(c1=O)CCCC2. The van der Waals surface area contributed by atoms with Crippen LogP contribution in [0.5, 0.6) is 0 Å². The van der Waals surface area contributed by atoms with Crippen molar-refractivity contribution >= 4 is 39.6 Å². The lowest BCUT2D eigenvalue weighted by atomic mass is 10.2. The molecule has 1 aliphatic rings. The van der Waals surface area contributed by atoms with Crippen molar-refractivity contribution in [2.45, 2.75) is 51.6 Å². The molecule has 0 aliphatic carbocycles. The highest BCUT2D eigenvalue weighted by Gasteiger charge is 2.16. The van der Waals surface area contributed by atoms with Gasteiger partial charge in [-0.3, -0.25) is 14.2 Å². The van der Waals surface area contributed by atoms with Crippen LogP contribution in [0.15, 0.2) is 27.7 Å². The first-order chi connectivity index (χ1) is 15.1. The molecule has 0 aromatic carbocycles. The van der Waals surface area contributed by atoms with Crippen LogP contribution in [0, 0.1) is 0 Å². The second-order valence-electron chi connectivity index (χ2n) is 7.36. The van der Waals surface area contributed by atoms with E-state index < -0.39 is 0 Å². The molecule has 31 heavy (non-hydrogen) atoms. The Kier molecular flexibility index (Phi) is 6.92. The molecule has 4 heterocycles. The third-order valence-electron chi connectivity index (χ3n) is 4.96. The smallest absolute Gasteiger partial charge is 0.345 e. The Labute approximate surface area is 187 Å². The van der Waals surface area contributed by atoms with Gasteiger partial charge in [-0.25, -0.2) is 14.5 Å². The Morgan fingerprint density at radius 1 is 1.16 bits per heavy atom. The third kappa shape index (κ3) is 5.67. The molecule has 164 valence electrons. The van der Waals surface area contributed by atoms with Crippen molar-refractivity contribution in [2.75, 3.05) is 11.9 Å². The average Bonchev–Trinajstić information content (AvgIpc) is 3.48. The summed E-state index contributed by atoms with van der Waals surface area (Å²) in [6, 6.07) is 3.83. The predicted octanol–water partition coefficient (Wildman–Crippen LogP) is 1.83. The van der Waals surface area contributed by atoms with Crippen molar-refractivity contribution in [3.63, 3.8) is 0 Å². The summed E-state index contributed by atoms with van der Waals surface area (Å²) < 4.78 is 3.25. The zero-order chi connectivity index (χ0) is 21.6. The van der Waals surface area contributed by atoms with Gasteiger partial charge in [0.1, 0.15) is 5.82 Å². The number of thiazole rings is 1. The zero-order valence-electron chi connectivity index (χ0n) is 17.0. The largest absolute Gasteiger partial charge is 0.356 e. The summed E-state index contributed by atoms with van der Waals surface area (Å²) in [6.45, 7) is 1.69. The molecule has 0 saturated carbocycles. The average molecular weight is 461 g/mol. The molecule has 11 heteroatoms. The summed E-state index contributed by atoms with van der Waals surface area (Å²) in [5.74, 6) is 0.601. The lowest BCUT2D eigenvalue weighted by Gasteiger charge is -2.09. The molecule has 0 fully saturated rings. The fourth-order valence-electron chi connectivity index (χ4n) is 3.46. The maximum Gasteiger partial charge on any atom is 0.345 e. The Morgan fingerprint density at radius 2 is 2.06 bits per heavy atom. The van der Waals surface area contributed by atoms with Crippen LogP contribution in [0.2, 0.25) is 0 Å². The van der Waals surface area contributed by atoms with Crippen LogP contribution in [-0.2, 0) is 41.9 Å². The lowest BCUT2D eigenvalue weighted by Crippen LogP contribution is -2.30. The van der Waals surface area contributed by atoms with Crippen molar-refractivity contribution in [1.82, 2.24) is 24.6 Å². The van der Waals surface area contributed by atoms with Crippen LogP contribution < -0.4 is 16.3 Å². The van der Waals surface area contributed by atoms with Crippen LogP contribution in [0.1, 0.15) is 35.7 Å². The Morgan fingerprint density at radius 3 is 2.87 bits per heavy atom. The number of hydrogen-bond acceptors (Lipinski definition) is 7. The lowest BCUT2D eigenvalue weighted by molar-refractivity contribution is -0.120. The summed E-state index contributed by atoms with van der Waals surface area (Å²) in [5, 5.41) is 14.2. The molecular formula is C20H24N6O3S2. The van der Waals surface area contributed by atoms with Gasteiger partial charge in [0.2, 0.25) is 11.8 Å². The monoisotopic (exact) mass is 460 g/mol. The number of fused-ring (bicyclic) bond motifs is 1. The minimum absolute atomic E-state index is 0.0582. The van der Waals surface area contributed by atoms with Crippen molar-refractivity contribution < 1.29 is 9.59 Å². The number of rotatable bonds is 9. The molecule has 2 amide bonds. The summed E-state index contributed by atoms with van der Waals surface area (Å²) in [4.78, 5) is 41.8. The van der Waals surface area contributed by atoms with Crippen LogP contribution in [0.3, 0.4) is 0 Å². The Balaban J connectivity index is 1.18. The number of thiophene rings is 1. The first-order valence-corrected chi connectivity index (χ1v) is 12.0. The number of hydrogen-bond donors (Lipinski definition) is 2. The molecule has 0 saturated heterocycles. The molecule has 1 aliphatic heterocycles. The summed E-state index contributed by atoms with van der Waals surface area (Å²) >= 11 is 2.84. The van der Waals surface area contributed by atoms with Crippen molar-refractivity contribution in [2.24, 2.45) is 0 Å². The number of amides is 2. The third-order valence-corrected chi connectivity index (χ3v) is 6.64. The minimum Gasteiger partial charge on any atom is -0.356 e. The van der Waals surface area contributed by atoms with Gasteiger partial charge in [0, 0.05) is 36.3 Å². The van der Waals surface area contributed by atoms with Gasteiger partial charge < -0.3 is 10.6 Å². The first kappa shape index (κ1) is 21.4. The zero-order valence-corrected chi connectivity index (χ0v) is 18.6. The van der Waals surface area contributed by atoms with Crippen LogP contribution >= 0.6 is 22.7 Å². The van der Waals surface area contributed by atoms with E-state index in [-0.39, 0.29) is 23.9 Å². The van der Waals surface area contributed by atoms with Crippen LogP contribution in [0.4, 0.5) is 5.13 Å². The van der Waals surface area contributed by atoms with Crippen molar-refractivity contribution in [3.8, 4) is 0 Å². The second kappa shape index (κ2) is 10.0. The summed E-state index contributed by atoms with van der Waals surface area (Å²) in [7, 11) is 0. The second-order valence-corrected chi connectivity index (χ2v) is 9.25. The number of nitrogens with one attached hydrogen (secondary N) is 2. The minimum atomic E-state index is -0.141. The molecule has 9 nitrogen and oxygen atoms in total. The maximum absolute atomic E-state index is 12.3. The van der Waals surface area contributed by atoms with E-state index in [1.54, 1.807) is 9.95 Å². The van der Waals surface area contributed by atoms with Crippen molar-refractivity contribution in [3.05, 3.63) is 49.8 Å². The summed E-state index contributed by atoms with van der Waals surface area (Å²) in [5.41, 5.74) is 0.559. The highest BCUT2D eigenvalue weighted by atomic mass is 32.1.